The molecule has 1 atom stereocenters. The molecule has 1 aliphatic rings. The van der Waals surface area contributed by atoms with Crippen LogP contribution in [0, 0.1) is 17.2 Å². The smallest absolute Gasteiger partial charge is 0.270 e. The van der Waals surface area contributed by atoms with Crippen molar-refractivity contribution in [2.45, 2.75) is 39.3 Å². The molecule has 1 fully saturated rings. The number of nitrogens with two attached hydrogens (primary N) is 1. The van der Waals surface area contributed by atoms with E-state index in [1.807, 2.05) is 44.3 Å². The van der Waals surface area contributed by atoms with Crippen molar-refractivity contribution >= 4 is 22.9 Å². The van der Waals surface area contributed by atoms with Crippen LogP contribution in [0.2, 0.25) is 0 Å². The van der Waals surface area contributed by atoms with Crippen LogP contribution >= 0.6 is 11.3 Å². The highest BCUT2D eigenvalue weighted by Crippen LogP contribution is 2.26. The molecule has 0 bridgehead atoms. The number of pyridine rings is 2. The number of rotatable bonds is 11. The van der Waals surface area contributed by atoms with Crippen molar-refractivity contribution in [3.63, 3.8) is 0 Å². The summed E-state index contributed by atoms with van der Waals surface area (Å²) in [4.78, 5) is 29.7. The lowest BCUT2D eigenvalue weighted by Crippen LogP contribution is -2.38. The zero-order valence-corrected chi connectivity index (χ0v) is 22.5. The molecule has 200 valence electrons. The zero-order chi connectivity index (χ0) is 26.9. The van der Waals surface area contributed by atoms with Gasteiger partial charge in [0.15, 0.2) is 0 Å². The lowest BCUT2D eigenvalue weighted by atomic mass is 9.96. The minimum absolute atomic E-state index is 0.0485. The lowest BCUT2D eigenvalue weighted by molar-refractivity contribution is 0.0630. The summed E-state index contributed by atoms with van der Waals surface area (Å²) in [5.74, 6) is 0.0866. The van der Waals surface area contributed by atoms with E-state index in [1.54, 1.807) is 17.5 Å². The van der Waals surface area contributed by atoms with Gasteiger partial charge in [-0.25, -0.2) is 9.97 Å². The summed E-state index contributed by atoms with van der Waals surface area (Å²) >= 11 is 1.68. The summed E-state index contributed by atoms with van der Waals surface area (Å²) in [6, 6.07) is 9.27. The molecular formula is C27H33N7O3S. The van der Waals surface area contributed by atoms with E-state index in [9.17, 15) is 10.1 Å². The molecule has 4 rings (SSSR count). The van der Waals surface area contributed by atoms with E-state index in [0.29, 0.717) is 25.7 Å². The predicted octanol–water partition coefficient (Wildman–Crippen LogP) is 3.50. The first-order valence-corrected chi connectivity index (χ1v) is 13.6. The third kappa shape index (κ3) is 7.25. The van der Waals surface area contributed by atoms with Gasteiger partial charge in [0.05, 0.1) is 18.0 Å². The number of nitrogens with one attached hydrogen (secondary N) is 1. The van der Waals surface area contributed by atoms with Gasteiger partial charge in [0.1, 0.15) is 28.4 Å². The van der Waals surface area contributed by atoms with E-state index >= 15 is 0 Å². The minimum Gasteiger partial charge on any atom is -0.471 e. The van der Waals surface area contributed by atoms with E-state index in [0.717, 1.165) is 43.2 Å². The molecule has 3 N–H and O–H groups in total. The van der Waals surface area contributed by atoms with Gasteiger partial charge in [-0.05, 0) is 63.9 Å². The number of carbonyl (C=O) groups excluding carboxylic acids is 1. The van der Waals surface area contributed by atoms with Gasteiger partial charge < -0.3 is 20.5 Å². The highest BCUT2D eigenvalue weighted by Gasteiger charge is 2.22. The minimum atomic E-state index is -0.344. The van der Waals surface area contributed by atoms with Gasteiger partial charge >= 0.3 is 0 Å². The lowest BCUT2D eigenvalue weighted by Gasteiger charge is -2.31. The van der Waals surface area contributed by atoms with Gasteiger partial charge in [0, 0.05) is 37.0 Å². The Morgan fingerprint density at radius 3 is 2.87 bits per heavy atom. The number of nitrogens with zero attached hydrogens (tertiary/aromatic N) is 5. The SMILES string of the molecule is CCOCC(C)Oc1nc(C(=O)NCC2CCN(Cc3cnc(-c4ccccn4)s3)CC2)cc(N)c1C#N. The van der Waals surface area contributed by atoms with E-state index < -0.39 is 0 Å². The first-order chi connectivity index (χ1) is 18.5. The van der Waals surface area contributed by atoms with E-state index in [2.05, 4.69) is 25.2 Å². The Morgan fingerprint density at radius 2 is 2.16 bits per heavy atom. The highest BCUT2D eigenvalue weighted by molar-refractivity contribution is 7.14. The molecule has 0 spiro atoms. The van der Waals surface area contributed by atoms with Gasteiger partial charge in [-0.1, -0.05) is 6.07 Å². The topological polar surface area (TPSA) is 139 Å². The summed E-state index contributed by atoms with van der Waals surface area (Å²) < 4.78 is 11.1. The summed E-state index contributed by atoms with van der Waals surface area (Å²) in [5.41, 5.74) is 7.34. The molecule has 10 nitrogen and oxygen atoms in total. The van der Waals surface area contributed by atoms with Crippen LogP contribution in [-0.4, -0.2) is 64.7 Å². The molecule has 1 saturated heterocycles. The van der Waals surface area contributed by atoms with E-state index in [1.165, 1.54) is 10.9 Å². The normalized spacial score (nSPS) is 15.1. The number of thiazole rings is 1. The molecule has 4 heterocycles. The number of hydrogen-bond donors (Lipinski definition) is 2. The maximum atomic E-state index is 12.9. The van der Waals surface area contributed by atoms with Crippen LogP contribution in [0.25, 0.3) is 10.7 Å². The quantitative estimate of drug-likeness (QED) is 0.377. The molecule has 0 radical (unpaired) electrons. The number of carbonyl (C=O) groups is 1. The van der Waals surface area contributed by atoms with Crippen molar-refractivity contribution in [1.82, 2.24) is 25.2 Å². The van der Waals surface area contributed by atoms with Crippen LogP contribution in [0.1, 0.15) is 47.6 Å². The molecule has 0 aliphatic carbocycles. The first-order valence-electron chi connectivity index (χ1n) is 12.8. The first kappa shape index (κ1) is 27.4. The number of anilines is 1. The predicted molar refractivity (Wildman–Crippen MR) is 146 cm³/mol. The average Bonchev–Trinajstić information content (AvgIpc) is 3.40. The van der Waals surface area contributed by atoms with Crippen molar-refractivity contribution in [2.75, 3.05) is 38.6 Å². The van der Waals surface area contributed by atoms with Crippen LogP contribution in [0.5, 0.6) is 5.88 Å². The summed E-state index contributed by atoms with van der Waals surface area (Å²) in [5, 5.41) is 13.4. The van der Waals surface area contributed by atoms with Crippen LogP contribution in [0.15, 0.2) is 36.7 Å². The van der Waals surface area contributed by atoms with Crippen LogP contribution in [-0.2, 0) is 11.3 Å². The molecule has 0 saturated carbocycles. The zero-order valence-electron chi connectivity index (χ0n) is 21.7. The number of amides is 1. The molecular weight excluding hydrogens is 502 g/mol. The van der Waals surface area contributed by atoms with Gasteiger partial charge in [-0.2, -0.15) is 5.26 Å². The fourth-order valence-electron chi connectivity index (χ4n) is 4.25. The second-order valence-electron chi connectivity index (χ2n) is 9.25. The summed E-state index contributed by atoms with van der Waals surface area (Å²) in [6.45, 7) is 7.91. The molecule has 1 aliphatic heterocycles. The Labute approximate surface area is 226 Å². The Kier molecular flexibility index (Phi) is 9.59. The maximum Gasteiger partial charge on any atom is 0.270 e. The number of ether oxygens (including phenoxy) is 2. The number of likely N-dealkylation sites (tertiary alicyclic amines) is 1. The van der Waals surface area contributed by atoms with Gasteiger partial charge in [-0.15, -0.1) is 11.3 Å². The fourth-order valence-corrected chi connectivity index (χ4v) is 5.18. The van der Waals surface area contributed by atoms with Gasteiger partial charge in [0.25, 0.3) is 5.91 Å². The van der Waals surface area contributed by atoms with Crippen LogP contribution < -0.4 is 15.8 Å². The van der Waals surface area contributed by atoms with Gasteiger partial charge in [0.2, 0.25) is 5.88 Å². The Morgan fingerprint density at radius 1 is 1.34 bits per heavy atom. The van der Waals surface area contributed by atoms with Crippen molar-refractivity contribution in [3.8, 4) is 22.7 Å². The fraction of sp³-hybridized carbons (Fsp3) is 0.444. The number of hydrogen-bond acceptors (Lipinski definition) is 10. The largest absolute Gasteiger partial charge is 0.471 e. The Hall–Kier alpha value is -3.59. The molecule has 3 aromatic heterocycles. The second-order valence-corrected chi connectivity index (χ2v) is 10.4. The molecule has 3 aromatic rings. The van der Waals surface area contributed by atoms with Crippen LogP contribution in [0.4, 0.5) is 5.69 Å². The van der Waals surface area contributed by atoms with Crippen molar-refractivity contribution in [3.05, 3.63) is 52.8 Å². The molecule has 0 aromatic carbocycles. The van der Waals surface area contributed by atoms with E-state index in [-0.39, 0.29) is 34.8 Å². The van der Waals surface area contributed by atoms with Crippen molar-refractivity contribution in [1.29, 1.82) is 5.26 Å². The van der Waals surface area contributed by atoms with E-state index in [4.69, 9.17) is 15.2 Å². The number of piperidine rings is 1. The second kappa shape index (κ2) is 13.3. The van der Waals surface area contributed by atoms with Crippen LogP contribution in [0.3, 0.4) is 0 Å². The number of nitriles is 1. The standard InChI is InChI=1S/C27H33N7O3S/c1-3-36-17-18(2)37-26-21(13-28)22(29)12-24(33-26)25(35)31-14-19-7-10-34(11-8-19)16-20-15-32-27(38-20)23-6-4-5-9-30-23/h4-6,9,12,15,18-19H,3,7-8,10-11,14,16-17H2,1-2H3,(H2,29,33)(H,31,35). The Balaban J connectivity index is 1.27. The van der Waals surface area contributed by atoms with Crippen molar-refractivity contribution in [2.24, 2.45) is 5.92 Å². The third-order valence-electron chi connectivity index (χ3n) is 6.31. The number of nitrogen functional groups attached to an aromatic ring is 1. The highest BCUT2D eigenvalue weighted by atomic mass is 32.1. The molecule has 38 heavy (non-hydrogen) atoms. The third-order valence-corrected chi connectivity index (χ3v) is 7.31. The maximum absolute atomic E-state index is 12.9. The molecule has 11 heteroatoms. The monoisotopic (exact) mass is 535 g/mol. The van der Waals surface area contributed by atoms with Gasteiger partial charge in [-0.3, -0.25) is 14.7 Å². The van der Waals surface area contributed by atoms with Crippen molar-refractivity contribution < 1.29 is 14.3 Å². The average molecular weight is 536 g/mol. The molecule has 1 amide bonds. The summed E-state index contributed by atoms with van der Waals surface area (Å²) in [7, 11) is 0. The summed E-state index contributed by atoms with van der Waals surface area (Å²) in [6.07, 6.45) is 5.34. The molecule has 1 unspecified atom stereocenters. The Bertz CT molecular complexity index is 1250. The number of aromatic nitrogens is 3.